The van der Waals surface area contributed by atoms with Crippen molar-refractivity contribution < 1.29 is 17.6 Å². The summed E-state index contributed by atoms with van der Waals surface area (Å²) in [6.45, 7) is 1.55. The molecule has 0 radical (unpaired) electrons. The van der Waals surface area contributed by atoms with Gasteiger partial charge in [0.15, 0.2) is 11.6 Å². The van der Waals surface area contributed by atoms with Crippen molar-refractivity contribution in [2.45, 2.75) is 24.7 Å². The van der Waals surface area contributed by atoms with E-state index in [1.807, 2.05) is 41.1 Å². The van der Waals surface area contributed by atoms with Gasteiger partial charge in [0.25, 0.3) is 10.0 Å². The third kappa shape index (κ3) is 6.39. The molecule has 1 amide bonds. The Kier molecular flexibility index (Phi) is 7.50. The van der Waals surface area contributed by atoms with Gasteiger partial charge in [-0.1, -0.05) is 25.1 Å². The number of hydrogen-bond donors (Lipinski definition) is 3. The van der Waals surface area contributed by atoms with Crippen molar-refractivity contribution in [3.05, 3.63) is 96.2 Å². The van der Waals surface area contributed by atoms with Gasteiger partial charge in [-0.2, -0.15) is 4.98 Å². The molecule has 4 aromatic rings. The summed E-state index contributed by atoms with van der Waals surface area (Å²) in [5, 5.41) is 5.80. The second-order valence-corrected chi connectivity index (χ2v) is 9.46. The van der Waals surface area contributed by atoms with E-state index in [0.29, 0.717) is 11.4 Å². The van der Waals surface area contributed by atoms with E-state index in [2.05, 4.69) is 25.6 Å². The first-order valence-corrected chi connectivity index (χ1v) is 12.5. The largest absolute Gasteiger partial charge is 0.338 e. The van der Waals surface area contributed by atoms with Crippen LogP contribution in [0.1, 0.15) is 24.5 Å². The Bertz CT molecular complexity index is 1470. The van der Waals surface area contributed by atoms with E-state index in [-0.39, 0.29) is 23.1 Å². The minimum Gasteiger partial charge on any atom is -0.338 e. The van der Waals surface area contributed by atoms with Gasteiger partial charge in [0.2, 0.25) is 11.9 Å². The van der Waals surface area contributed by atoms with Gasteiger partial charge in [0, 0.05) is 30.2 Å². The quantitative estimate of drug-likeness (QED) is 0.307. The molecule has 0 atom stereocenters. The molecule has 9 nitrogen and oxygen atoms in total. The summed E-state index contributed by atoms with van der Waals surface area (Å²) >= 11 is 0. The number of anilines is 4. The van der Waals surface area contributed by atoms with Gasteiger partial charge in [-0.25, -0.2) is 22.5 Å². The lowest BCUT2D eigenvalue weighted by Crippen LogP contribution is -2.29. The second kappa shape index (κ2) is 10.9. The van der Waals surface area contributed by atoms with Crippen molar-refractivity contribution in [3.8, 4) is 0 Å². The molecule has 0 saturated carbocycles. The summed E-state index contributed by atoms with van der Waals surface area (Å²) in [7, 11) is -4.02. The molecule has 36 heavy (non-hydrogen) atoms. The number of nitrogens with one attached hydrogen (secondary N) is 3. The van der Waals surface area contributed by atoms with Crippen LogP contribution in [-0.2, 0) is 21.2 Å². The zero-order valence-electron chi connectivity index (χ0n) is 19.3. The van der Waals surface area contributed by atoms with E-state index < -0.39 is 21.7 Å². The monoisotopic (exact) mass is 506 g/mol. The van der Waals surface area contributed by atoms with Gasteiger partial charge in [-0.3, -0.25) is 9.78 Å². The van der Waals surface area contributed by atoms with Gasteiger partial charge in [-0.15, -0.1) is 0 Å². The van der Waals surface area contributed by atoms with Crippen LogP contribution in [0.25, 0.3) is 0 Å². The van der Waals surface area contributed by atoms with Crippen molar-refractivity contribution in [2.75, 3.05) is 10.6 Å². The number of pyridine rings is 1. The molecule has 0 aliphatic heterocycles. The topological polar surface area (TPSA) is 126 Å². The molecule has 4 rings (SSSR count). The number of aromatic nitrogens is 3. The molecule has 0 saturated heterocycles. The number of rotatable bonds is 9. The van der Waals surface area contributed by atoms with Gasteiger partial charge in [0.1, 0.15) is 0 Å². The maximum Gasteiger partial charge on any atom is 0.264 e. The normalized spacial score (nSPS) is 11.1. The van der Waals surface area contributed by atoms with E-state index in [0.717, 1.165) is 23.7 Å². The first-order chi connectivity index (χ1) is 17.3. The fraction of sp³-hybridized carbons (Fsp3) is 0.120. The molecule has 0 aliphatic rings. The molecule has 2 aromatic heterocycles. The Morgan fingerprint density at radius 2 is 1.67 bits per heavy atom. The number of carbonyl (C=O) groups excluding carboxylic acids is 1. The smallest absolute Gasteiger partial charge is 0.264 e. The van der Waals surface area contributed by atoms with Crippen LogP contribution >= 0.6 is 0 Å². The average molecular weight is 507 g/mol. The molecule has 3 N–H and O–H groups in total. The molecule has 0 spiro atoms. The van der Waals surface area contributed by atoms with Gasteiger partial charge in [0.05, 0.1) is 11.1 Å². The van der Waals surface area contributed by atoms with E-state index in [1.54, 1.807) is 25.4 Å². The molecule has 0 unspecified atom stereocenters. The molecular formula is C25H23FN6O3S. The summed E-state index contributed by atoms with van der Waals surface area (Å²) in [6, 6.07) is 17.2. The Morgan fingerprint density at radius 1 is 0.944 bits per heavy atom. The maximum atomic E-state index is 14.4. The third-order valence-corrected chi connectivity index (χ3v) is 6.46. The molecule has 0 fully saturated rings. The zero-order valence-corrected chi connectivity index (χ0v) is 20.1. The minimum atomic E-state index is -4.02. The number of benzene rings is 2. The van der Waals surface area contributed by atoms with Crippen LogP contribution in [0.2, 0.25) is 0 Å². The second-order valence-electron chi connectivity index (χ2n) is 7.78. The van der Waals surface area contributed by atoms with Crippen LogP contribution in [0.4, 0.5) is 27.5 Å². The van der Waals surface area contributed by atoms with Crippen LogP contribution in [0.3, 0.4) is 0 Å². The Labute approximate surface area is 207 Å². The molecule has 2 heterocycles. The summed E-state index contributed by atoms with van der Waals surface area (Å²) in [6.07, 6.45) is 5.28. The fourth-order valence-corrected chi connectivity index (χ4v) is 4.35. The molecular weight excluding hydrogens is 483 g/mol. The van der Waals surface area contributed by atoms with E-state index >= 15 is 0 Å². The standard InChI is InChI=1S/C25H23FN6O3S/c1-2-23(33)32-36(34,35)21-5-3-4-20(15-21)30-25-28-16-22(26)24(31-25)29-19-8-6-17(7-9-19)14-18-10-12-27-13-11-18/h3-13,15-16H,2,14H2,1H3,(H,32,33)(H2,28,29,30,31). The van der Waals surface area contributed by atoms with E-state index in [4.69, 9.17) is 0 Å². The zero-order chi connectivity index (χ0) is 25.5. The Morgan fingerprint density at radius 3 is 2.39 bits per heavy atom. The SMILES string of the molecule is CCC(=O)NS(=O)(=O)c1cccc(Nc2ncc(F)c(Nc3ccc(Cc4ccncc4)cc3)n2)c1. The number of nitrogens with zero attached hydrogens (tertiary/aromatic N) is 3. The van der Waals surface area contributed by atoms with Crippen LogP contribution in [0, 0.1) is 5.82 Å². The lowest BCUT2D eigenvalue weighted by Gasteiger charge is -2.11. The van der Waals surface area contributed by atoms with Crippen LogP contribution in [-0.4, -0.2) is 29.3 Å². The highest BCUT2D eigenvalue weighted by atomic mass is 32.2. The number of carbonyl (C=O) groups is 1. The highest BCUT2D eigenvalue weighted by Gasteiger charge is 2.17. The van der Waals surface area contributed by atoms with Crippen molar-refractivity contribution in [2.24, 2.45) is 0 Å². The summed E-state index contributed by atoms with van der Waals surface area (Å²) in [5.74, 6) is -1.26. The predicted octanol–water partition coefficient (Wildman–Crippen LogP) is 4.30. The van der Waals surface area contributed by atoms with Gasteiger partial charge in [-0.05, 0) is 60.0 Å². The van der Waals surface area contributed by atoms with E-state index in [9.17, 15) is 17.6 Å². The maximum absolute atomic E-state index is 14.4. The lowest BCUT2D eigenvalue weighted by atomic mass is 10.1. The number of halogens is 1. The molecule has 11 heteroatoms. The third-order valence-electron chi connectivity index (χ3n) is 5.09. The summed E-state index contributed by atoms with van der Waals surface area (Å²) in [5.41, 5.74) is 3.20. The van der Waals surface area contributed by atoms with Crippen molar-refractivity contribution >= 4 is 39.1 Å². The number of sulfonamides is 1. The van der Waals surface area contributed by atoms with Gasteiger partial charge < -0.3 is 10.6 Å². The molecule has 2 aromatic carbocycles. The van der Waals surface area contributed by atoms with Crippen molar-refractivity contribution in [1.29, 1.82) is 0 Å². The highest BCUT2D eigenvalue weighted by Crippen LogP contribution is 2.23. The number of amides is 1. The summed E-state index contributed by atoms with van der Waals surface area (Å²) in [4.78, 5) is 23.5. The Hall–Kier alpha value is -4.38. The summed E-state index contributed by atoms with van der Waals surface area (Å²) < 4.78 is 41.1. The van der Waals surface area contributed by atoms with Crippen molar-refractivity contribution in [3.63, 3.8) is 0 Å². The number of hydrogen-bond acceptors (Lipinski definition) is 8. The van der Waals surface area contributed by atoms with Gasteiger partial charge >= 0.3 is 0 Å². The van der Waals surface area contributed by atoms with Crippen LogP contribution < -0.4 is 15.4 Å². The minimum absolute atomic E-state index is 0.0316. The predicted molar refractivity (Wildman–Crippen MR) is 134 cm³/mol. The van der Waals surface area contributed by atoms with Crippen LogP contribution in [0.15, 0.2) is 84.1 Å². The first kappa shape index (κ1) is 24.7. The first-order valence-electron chi connectivity index (χ1n) is 11.0. The average Bonchev–Trinajstić information content (AvgIpc) is 2.88. The fourth-order valence-electron chi connectivity index (χ4n) is 3.25. The van der Waals surface area contributed by atoms with Crippen molar-refractivity contribution in [1.82, 2.24) is 19.7 Å². The Balaban J connectivity index is 1.47. The molecule has 184 valence electrons. The lowest BCUT2D eigenvalue weighted by molar-refractivity contribution is -0.119. The molecule has 0 bridgehead atoms. The highest BCUT2D eigenvalue weighted by molar-refractivity contribution is 7.90. The van der Waals surface area contributed by atoms with E-state index in [1.165, 1.54) is 18.2 Å². The molecule has 0 aliphatic carbocycles. The van der Waals surface area contributed by atoms with Crippen LogP contribution in [0.5, 0.6) is 0 Å².